The summed E-state index contributed by atoms with van der Waals surface area (Å²) in [4.78, 5) is 32.7. The van der Waals surface area contributed by atoms with Gasteiger partial charge in [0.05, 0.1) is 6.04 Å². The highest BCUT2D eigenvalue weighted by molar-refractivity contribution is 7.98. The average Bonchev–Trinajstić information content (AvgIpc) is 2.94. The molecule has 0 fully saturated rings. The Morgan fingerprint density at radius 3 is 2.50 bits per heavy atom. The number of benzene rings is 2. The van der Waals surface area contributed by atoms with E-state index >= 15 is 0 Å². The summed E-state index contributed by atoms with van der Waals surface area (Å²) in [5, 5.41) is 10.7. The van der Waals surface area contributed by atoms with Crippen molar-refractivity contribution < 1.29 is 9.90 Å². The van der Waals surface area contributed by atoms with Gasteiger partial charge in [-0.1, -0.05) is 42.5 Å². The molecule has 0 spiro atoms. The standard InChI is InChI=1S/C25H25N3O3S/c1-14(2)27-12-19(28-15(3)26-24(30)23(29)22(28)25(27)31)21-17-9-5-4-8-16(17)13-32-20-11-7-6-10-18(20)21/h4-11,14,19,21,29H,12-13H2,1-3H3/t19-,21+/m0/s1. The lowest BCUT2D eigenvalue weighted by Crippen LogP contribution is -2.50. The molecule has 5 rings (SSSR count). The first kappa shape index (κ1) is 20.8. The van der Waals surface area contributed by atoms with E-state index in [2.05, 4.69) is 35.3 Å². The summed E-state index contributed by atoms with van der Waals surface area (Å²) in [5.74, 6) is 0.341. The number of fused-ring (bicyclic) bond motifs is 3. The molecule has 3 heterocycles. The smallest absolute Gasteiger partial charge is 0.315 e. The van der Waals surface area contributed by atoms with Crippen molar-refractivity contribution in [2.75, 3.05) is 6.54 Å². The Balaban J connectivity index is 1.82. The Morgan fingerprint density at radius 1 is 1.06 bits per heavy atom. The Morgan fingerprint density at radius 2 is 1.75 bits per heavy atom. The molecule has 7 heteroatoms. The van der Waals surface area contributed by atoms with Gasteiger partial charge < -0.3 is 14.6 Å². The number of aromatic nitrogens is 2. The van der Waals surface area contributed by atoms with E-state index in [1.165, 1.54) is 21.6 Å². The Bertz CT molecular complexity index is 1240. The first-order chi connectivity index (χ1) is 15.4. The molecule has 1 amide bonds. The quantitative estimate of drug-likeness (QED) is 0.640. The minimum Gasteiger partial charge on any atom is -0.501 e. The van der Waals surface area contributed by atoms with Crippen molar-refractivity contribution in [1.82, 2.24) is 14.5 Å². The molecular weight excluding hydrogens is 422 g/mol. The van der Waals surface area contributed by atoms with Gasteiger partial charge in [-0.05, 0) is 43.5 Å². The average molecular weight is 448 g/mol. The second-order valence-corrected chi connectivity index (χ2v) is 9.67. The number of amides is 1. The van der Waals surface area contributed by atoms with E-state index in [-0.39, 0.29) is 29.6 Å². The molecule has 164 valence electrons. The first-order valence-corrected chi connectivity index (χ1v) is 11.8. The van der Waals surface area contributed by atoms with Gasteiger partial charge in [-0.25, -0.2) is 0 Å². The topological polar surface area (TPSA) is 75.4 Å². The van der Waals surface area contributed by atoms with Crippen LogP contribution in [0, 0.1) is 6.92 Å². The molecule has 0 unspecified atom stereocenters. The second kappa shape index (κ2) is 7.81. The summed E-state index contributed by atoms with van der Waals surface area (Å²) in [6.45, 7) is 6.11. The lowest BCUT2D eigenvalue weighted by Gasteiger charge is -2.42. The molecule has 0 aliphatic carbocycles. The van der Waals surface area contributed by atoms with Gasteiger partial charge in [-0.2, -0.15) is 4.98 Å². The van der Waals surface area contributed by atoms with E-state index in [1.807, 2.05) is 43.8 Å². The largest absolute Gasteiger partial charge is 0.501 e. The summed E-state index contributed by atoms with van der Waals surface area (Å²) in [5.41, 5.74) is 2.93. The number of carbonyl (C=O) groups excluding carboxylic acids is 1. The van der Waals surface area contributed by atoms with Gasteiger partial charge >= 0.3 is 5.56 Å². The molecule has 0 saturated carbocycles. The summed E-state index contributed by atoms with van der Waals surface area (Å²) in [7, 11) is 0. The van der Waals surface area contributed by atoms with Crippen LogP contribution in [-0.4, -0.2) is 38.1 Å². The fourth-order valence-electron chi connectivity index (χ4n) is 5.02. The highest BCUT2D eigenvalue weighted by Gasteiger charge is 2.42. The van der Waals surface area contributed by atoms with Crippen LogP contribution < -0.4 is 5.56 Å². The van der Waals surface area contributed by atoms with Gasteiger partial charge in [0.2, 0.25) is 5.75 Å². The zero-order valence-corrected chi connectivity index (χ0v) is 19.1. The fourth-order valence-corrected chi connectivity index (χ4v) is 6.13. The van der Waals surface area contributed by atoms with E-state index in [4.69, 9.17) is 0 Å². The van der Waals surface area contributed by atoms with Crippen LogP contribution in [-0.2, 0) is 5.75 Å². The van der Waals surface area contributed by atoms with Crippen molar-refractivity contribution in [1.29, 1.82) is 0 Å². The van der Waals surface area contributed by atoms with E-state index in [0.29, 0.717) is 12.4 Å². The van der Waals surface area contributed by atoms with Gasteiger partial charge in [0, 0.05) is 29.2 Å². The van der Waals surface area contributed by atoms with E-state index < -0.39 is 11.3 Å². The predicted octanol–water partition coefficient (Wildman–Crippen LogP) is 4.10. The van der Waals surface area contributed by atoms with Crippen molar-refractivity contribution in [3.05, 3.63) is 87.1 Å². The Labute approximate surface area is 190 Å². The van der Waals surface area contributed by atoms with Gasteiger partial charge in [0.25, 0.3) is 5.91 Å². The minimum atomic E-state index is -0.760. The van der Waals surface area contributed by atoms with E-state index in [9.17, 15) is 14.7 Å². The summed E-state index contributed by atoms with van der Waals surface area (Å²) in [6.07, 6.45) is 0. The lowest BCUT2D eigenvalue weighted by molar-refractivity contribution is 0.0582. The molecule has 2 aliphatic heterocycles. The summed E-state index contributed by atoms with van der Waals surface area (Å²) < 4.78 is 1.80. The Hall–Kier alpha value is -3.06. The van der Waals surface area contributed by atoms with Crippen LogP contribution in [0.4, 0.5) is 0 Å². The van der Waals surface area contributed by atoms with Crippen LogP contribution in [0.1, 0.15) is 58.8 Å². The lowest BCUT2D eigenvalue weighted by atomic mass is 9.81. The number of nitrogens with zero attached hydrogens (tertiary/aromatic N) is 3. The molecule has 0 bridgehead atoms. The molecule has 0 saturated heterocycles. The fraction of sp³-hybridized carbons (Fsp3) is 0.320. The van der Waals surface area contributed by atoms with Gasteiger partial charge in [0.1, 0.15) is 5.82 Å². The molecule has 2 aliphatic rings. The zero-order valence-electron chi connectivity index (χ0n) is 18.3. The first-order valence-electron chi connectivity index (χ1n) is 10.8. The molecule has 1 N–H and O–H groups in total. The van der Waals surface area contributed by atoms with Crippen LogP contribution in [0.5, 0.6) is 5.75 Å². The molecule has 0 radical (unpaired) electrons. The third-order valence-corrected chi connectivity index (χ3v) is 7.63. The molecule has 2 aromatic carbocycles. The zero-order chi connectivity index (χ0) is 22.6. The van der Waals surface area contributed by atoms with Crippen LogP contribution in [0.3, 0.4) is 0 Å². The molecule has 3 aromatic rings. The number of hydrogen-bond acceptors (Lipinski definition) is 5. The van der Waals surface area contributed by atoms with Crippen molar-refractivity contribution >= 4 is 17.7 Å². The van der Waals surface area contributed by atoms with Crippen molar-refractivity contribution in [2.45, 2.75) is 49.4 Å². The normalized spacial score (nSPS) is 19.9. The van der Waals surface area contributed by atoms with Crippen molar-refractivity contribution in [2.24, 2.45) is 0 Å². The number of carbonyl (C=O) groups is 1. The minimum absolute atomic E-state index is 0.0410. The maximum Gasteiger partial charge on any atom is 0.315 e. The van der Waals surface area contributed by atoms with Crippen LogP contribution in [0.2, 0.25) is 0 Å². The van der Waals surface area contributed by atoms with Crippen LogP contribution in [0.15, 0.2) is 58.2 Å². The highest BCUT2D eigenvalue weighted by Crippen LogP contribution is 2.47. The predicted molar refractivity (Wildman–Crippen MR) is 124 cm³/mol. The number of aryl methyl sites for hydroxylation is 1. The van der Waals surface area contributed by atoms with Gasteiger partial charge in [0.15, 0.2) is 5.69 Å². The molecule has 32 heavy (non-hydrogen) atoms. The molecule has 1 aromatic heterocycles. The number of thioether (sulfide) groups is 1. The van der Waals surface area contributed by atoms with Crippen LogP contribution in [0.25, 0.3) is 0 Å². The number of hydrogen-bond donors (Lipinski definition) is 1. The maximum absolute atomic E-state index is 13.3. The third-order valence-electron chi connectivity index (χ3n) is 6.49. The second-order valence-electron chi connectivity index (χ2n) is 8.65. The molecule has 6 nitrogen and oxygen atoms in total. The van der Waals surface area contributed by atoms with Crippen molar-refractivity contribution in [3.8, 4) is 5.75 Å². The number of aromatic hydroxyl groups is 1. The summed E-state index contributed by atoms with van der Waals surface area (Å²) in [6, 6.07) is 16.5. The van der Waals surface area contributed by atoms with Gasteiger partial charge in [-0.15, -0.1) is 11.8 Å². The van der Waals surface area contributed by atoms with E-state index in [1.54, 1.807) is 16.4 Å². The van der Waals surface area contributed by atoms with Gasteiger partial charge in [-0.3, -0.25) is 9.59 Å². The maximum atomic E-state index is 13.3. The van der Waals surface area contributed by atoms with Crippen molar-refractivity contribution in [3.63, 3.8) is 0 Å². The SMILES string of the molecule is Cc1nc(=O)c(O)c2n1[C@H]([C@@H]1c3ccccc3CSc3ccccc31)CN(C(C)C)C2=O. The molecular formula is C25H25N3O3S. The van der Waals surface area contributed by atoms with Crippen LogP contribution >= 0.6 is 11.8 Å². The van der Waals surface area contributed by atoms with E-state index in [0.717, 1.165) is 5.75 Å². The monoisotopic (exact) mass is 447 g/mol. The third kappa shape index (κ3) is 3.14. The molecule has 2 atom stereocenters. The highest BCUT2D eigenvalue weighted by atomic mass is 32.2. The number of rotatable bonds is 2. The summed E-state index contributed by atoms with van der Waals surface area (Å²) >= 11 is 1.81. The Kier molecular flexibility index (Phi) is 5.08.